The third kappa shape index (κ3) is 5.46. The van der Waals surface area contributed by atoms with Crippen LogP contribution in [0.5, 0.6) is 0 Å². The largest absolute Gasteiger partial charge is 0.444 e. The highest BCUT2D eigenvalue weighted by Crippen LogP contribution is 2.22. The summed E-state index contributed by atoms with van der Waals surface area (Å²) in [4.78, 5) is 12.3. The van der Waals surface area contributed by atoms with E-state index >= 15 is 0 Å². The van der Waals surface area contributed by atoms with Gasteiger partial charge in [0.05, 0.1) is 12.2 Å². The molecule has 0 aliphatic heterocycles. The van der Waals surface area contributed by atoms with Gasteiger partial charge in [-0.25, -0.2) is 4.98 Å². The van der Waals surface area contributed by atoms with E-state index < -0.39 is 0 Å². The molecular formula is C24H28IN5O. The summed E-state index contributed by atoms with van der Waals surface area (Å²) in [6, 6.07) is 16.4. The van der Waals surface area contributed by atoms with Crippen molar-refractivity contribution in [1.29, 1.82) is 0 Å². The second kappa shape index (κ2) is 11.0. The molecule has 0 bridgehead atoms. The lowest BCUT2D eigenvalue weighted by Crippen LogP contribution is -2.37. The molecule has 6 nitrogen and oxygen atoms in total. The van der Waals surface area contributed by atoms with Crippen LogP contribution in [-0.2, 0) is 19.4 Å². The minimum Gasteiger partial charge on any atom is -0.444 e. The first-order valence-corrected chi connectivity index (χ1v) is 10.3. The minimum atomic E-state index is 0. The van der Waals surface area contributed by atoms with E-state index in [2.05, 4.69) is 56.9 Å². The topological polar surface area (TPSA) is 78.2 Å². The standard InChI is InChI=1S/C24H27N5O.HI/c1-3-17-10-7-11-21-19(14-27-22(17)21)12-13-26-24(25-2)28-15-20-16-30-23(29-20)18-8-5-4-6-9-18;/h4-11,14,16,27H,3,12-13,15H2,1-2H3,(H2,25,26,28);1H. The molecule has 31 heavy (non-hydrogen) atoms. The number of para-hydroxylation sites is 1. The number of aliphatic imine (C=N–C) groups is 1. The third-order valence-corrected chi connectivity index (χ3v) is 5.19. The SMILES string of the molecule is CCc1cccc2c(CCNC(=NC)NCc3coc(-c4ccccc4)n3)c[nH]c12.I. The third-order valence-electron chi connectivity index (χ3n) is 5.19. The molecule has 0 aliphatic carbocycles. The van der Waals surface area contributed by atoms with Crippen LogP contribution in [0.1, 0.15) is 23.7 Å². The van der Waals surface area contributed by atoms with E-state index in [4.69, 9.17) is 4.42 Å². The van der Waals surface area contributed by atoms with Crippen molar-refractivity contribution >= 4 is 40.8 Å². The number of nitrogens with one attached hydrogen (secondary N) is 3. The lowest BCUT2D eigenvalue weighted by molar-refractivity contribution is 0.572. The van der Waals surface area contributed by atoms with Crippen molar-refractivity contribution in [3.63, 3.8) is 0 Å². The molecule has 2 aromatic heterocycles. The van der Waals surface area contributed by atoms with Crippen LogP contribution >= 0.6 is 24.0 Å². The quantitative estimate of drug-likeness (QED) is 0.181. The van der Waals surface area contributed by atoms with Gasteiger partial charge in [-0.2, -0.15) is 0 Å². The van der Waals surface area contributed by atoms with Crippen LogP contribution in [0.2, 0.25) is 0 Å². The Kier molecular flexibility index (Phi) is 8.11. The molecule has 0 fully saturated rings. The average molecular weight is 529 g/mol. The Balaban J connectivity index is 0.00000272. The van der Waals surface area contributed by atoms with Crippen molar-refractivity contribution in [2.45, 2.75) is 26.3 Å². The number of hydrogen-bond donors (Lipinski definition) is 3. The van der Waals surface area contributed by atoms with E-state index in [0.29, 0.717) is 12.4 Å². The number of benzene rings is 2. The smallest absolute Gasteiger partial charge is 0.226 e. The van der Waals surface area contributed by atoms with Crippen LogP contribution in [0.3, 0.4) is 0 Å². The van der Waals surface area contributed by atoms with Gasteiger partial charge in [-0.05, 0) is 36.1 Å². The molecule has 0 aliphatic rings. The summed E-state index contributed by atoms with van der Waals surface area (Å²) in [6.07, 6.45) is 5.73. The first-order valence-electron chi connectivity index (χ1n) is 10.3. The molecule has 4 rings (SSSR count). The fourth-order valence-corrected chi connectivity index (χ4v) is 3.59. The second-order valence-corrected chi connectivity index (χ2v) is 7.12. The molecule has 162 valence electrons. The van der Waals surface area contributed by atoms with Crippen molar-refractivity contribution in [2.75, 3.05) is 13.6 Å². The van der Waals surface area contributed by atoms with Crippen LogP contribution in [0.25, 0.3) is 22.4 Å². The fourth-order valence-electron chi connectivity index (χ4n) is 3.59. The second-order valence-electron chi connectivity index (χ2n) is 7.12. The predicted molar refractivity (Wildman–Crippen MR) is 137 cm³/mol. The van der Waals surface area contributed by atoms with E-state index in [9.17, 15) is 0 Å². The van der Waals surface area contributed by atoms with Gasteiger partial charge in [-0.15, -0.1) is 24.0 Å². The Morgan fingerprint density at radius 3 is 2.68 bits per heavy atom. The van der Waals surface area contributed by atoms with Gasteiger partial charge in [0.2, 0.25) is 5.89 Å². The molecule has 4 aromatic rings. The van der Waals surface area contributed by atoms with Crippen molar-refractivity contribution < 1.29 is 4.42 Å². The summed E-state index contributed by atoms with van der Waals surface area (Å²) in [5.74, 6) is 1.37. The number of guanidine groups is 1. The Bertz CT molecular complexity index is 1130. The van der Waals surface area contributed by atoms with Crippen LogP contribution in [0.15, 0.2) is 70.4 Å². The summed E-state index contributed by atoms with van der Waals surface area (Å²) in [6.45, 7) is 3.52. The molecule has 0 amide bonds. The molecule has 0 unspecified atom stereocenters. The average Bonchev–Trinajstić information content (AvgIpc) is 3.44. The highest BCUT2D eigenvalue weighted by Gasteiger charge is 2.08. The maximum absolute atomic E-state index is 5.59. The van der Waals surface area contributed by atoms with E-state index in [1.165, 1.54) is 22.0 Å². The molecule has 2 aromatic carbocycles. The summed E-state index contributed by atoms with van der Waals surface area (Å²) in [7, 11) is 1.77. The van der Waals surface area contributed by atoms with Gasteiger partial charge in [0.1, 0.15) is 6.26 Å². The van der Waals surface area contributed by atoms with E-state index in [0.717, 1.165) is 36.6 Å². The maximum Gasteiger partial charge on any atom is 0.226 e. The Morgan fingerprint density at radius 2 is 1.90 bits per heavy atom. The first-order chi connectivity index (χ1) is 14.8. The molecule has 0 spiro atoms. The summed E-state index contributed by atoms with van der Waals surface area (Å²) in [5, 5.41) is 7.97. The minimum absolute atomic E-state index is 0. The molecule has 0 atom stereocenters. The van der Waals surface area contributed by atoms with E-state index in [1.807, 2.05) is 30.3 Å². The van der Waals surface area contributed by atoms with Gasteiger partial charge < -0.3 is 20.0 Å². The van der Waals surface area contributed by atoms with E-state index in [-0.39, 0.29) is 24.0 Å². The molecule has 7 heteroatoms. The number of aromatic amines is 1. The number of aromatic nitrogens is 2. The molecule has 0 radical (unpaired) electrons. The number of fused-ring (bicyclic) bond motifs is 1. The monoisotopic (exact) mass is 529 g/mol. The zero-order valence-electron chi connectivity index (χ0n) is 17.8. The van der Waals surface area contributed by atoms with Crippen LogP contribution in [0.4, 0.5) is 0 Å². The zero-order valence-corrected chi connectivity index (χ0v) is 20.1. The number of hydrogen-bond acceptors (Lipinski definition) is 3. The highest BCUT2D eigenvalue weighted by atomic mass is 127. The predicted octanol–water partition coefficient (Wildman–Crippen LogP) is 4.91. The summed E-state index contributed by atoms with van der Waals surface area (Å²) < 4.78 is 5.59. The number of halogens is 1. The molecule has 2 heterocycles. The molecule has 0 saturated heterocycles. The van der Waals surface area contributed by atoms with Crippen LogP contribution < -0.4 is 10.6 Å². The lowest BCUT2D eigenvalue weighted by atomic mass is 10.1. The van der Waals surface area contributed by atoms with Gasteiger partial charge in [-0.3, -0.25) is 4.99 Å². The number of aryl methyl sites for hydroxylation is 1. The number of oxazole rings is 1. The van der Waals surface area contributed by atoms with Crippen molar-refractivity contribution in [2.24, 2.45) is 4.99 Å². The Morgan fingerprint density at radius 1 is 1.06 bits per heavy atom. The van der Waals surface area contributed by atoms with Gasteiger partial charge >= 0.3 is 0 Å². The van der Waals surface area contributed by atoms with Crippen molar-refractivity contribution in [3.05, 3.63) is 77.8 Å². The Labute approximate surface area is 199 Å². The highest BCUT2D eigenvalue weighted by molar-refractivity contribution is 14.0. The van der Waals surface area contributed by atoms with Crippen molar-refractivity contribution in [3.8, 4) is 11.5 Å². The normalized spacial score (nSPS) is 11.4. The first kappa shape index (κ1) is 22.9. The zero-order chi connectivity index (χ0) is 20.8. The van der Waals surface area contributed by atoms with Crippen LogP contribution in [0, 0.1) is 0 Å². The molecular weight excluding hydrogens is 501 g/mol. The van der Waals surface area contributed by atoms with Gasteiger partial charge in [0, 0.05) is 36.3 Å². The molecule has 0 saturated carbocycles. The van der Waals surface area contributed by atoms with Crippen LogP contribution in [-0.4, -0.2) is 29.5 Å². The number of nitrogens with zero attached hydrogens (tertiary/aromatic N) is 2. The van der Waals surface area contributed by atoms with Gasteiger partial charge in [0.15, 0.2) is 5.96 Å². The van der Waals surface area contributed by atoms with Crippen molar-refractivity contribution in [1.82, 2.24) is 20.6 Å². The van der Waals surface area contributed by atoms with E-state index in [1.54, 1.807) is 13.3 Å². The summed E-state index contributed by atoms with van der Waals surface area (Å²) in [5.41, 5.74) is 5.72. The Hall–Kier alpha value is -2.81. The number of H-pyrrole nitrogens is 1. The number of rotatable bonds is 7. The van der Waals surface area contributed by atoms with Gasteiger partial charge in [0.25, 0.3) is 0 Å². The fraction of sp³-hybridized carbons (Fsp3) is 0.250. The lowest BCUT2D eigenvalue weighted by Gasteiger charge is -2.10. The molecule has 3 N–H and O–H groups in total. The maximum atomic E-state index is 5.59. The van der Waals surface area contributed by atoms with Gasteiger partial charge in [-0.1, -0.05) is 43.3 Å². The summed E-state index contributed by atoms with van der Waals surface area (Å²) >= 11 is 0.